The van der Waals surface area contributed by atoms with Crippen LogP contribution in [0.1, 0.15) is 13.3 Å². The zero-order valence-corrected chi connectivity index (χ0v) is 9.20. The molecule has 7 heteroatoms. The smallest absolute Gasteiger partial charge is 0.319 e. The Hall–Kier alpha value is -2.18. The third kappa shape index (κ3) is 3.71. The topological polar surface area (TPSA) is 84.3 Å². The summed E-state index contributed by atoms with van der Waals surface area (Å²) in [5, 5.41) is 15.3. The first-order valence-electron chi connectivity index (χ1n) is 5.03. The maximum absolute atomic E-state index is 13.2. The molecule has 0 saturated heterocycles. The summed E-state index contributed by atoms with van der Waals surface area (Å²) < 4.78 is 13.2. The molecule has 92 valence electrons. The molecule has 1 aromatic rings. The Kier molecular flexibility index (Phi) is 4.38. The van der Waals surface area contributed by atoms with Gasteiger partial charge in [0.05, 0.1) is 4.92 Å². The maximum Gasteiger partial charge on any atom is 0.319 e. The van der Waals surface area contributed by atoms with Crippen LogP contribution in [0.4, 0.5) is 20.6 Å². The molecular formula is C10H12FN3O3. The number of hydrogen-bond acceptors (Lipinski definition) is 3. The Bertz CT molecular complexity index is 437. The molecule has 2 N–H and O–H groups in total. The third-order valence-electron chi connectivity index (χ3n) is 1.94. The average Bonchev–Trinajstić information content (AvgIpc) is 2.26. The van der Waals surface area contributed by atoms with Gasteiger partial charge in [-0.1, -0.05) is 6.92 Å². The van der Waals surface area contributed by atoms with Gasteiger partial charge in [0.1, 0.15) is 0 Å². The van der Waals surface area contributed by atoms with Crippen molar-refractivity contribution in [3.8, 4) is 0 Å². The van der Waals surface area contributed by atoms with Crippen molar-refractivity contribution in [2.24, 2.45) is 0 Å². The fourth-order valence-corrected chi connectivity index (χ4v) is 1.15. The highest BCUT2D eigenvalue weighted by atomic mass is 19.1. The molecule has 0 unspecified atom stereocenters. The van der Waals surface area contributed by atoms with E-state index in [2.05, 4.69) is 10.6 Å². The number of carbonyl (C=O) groups is 1. The van der Waals surface area contributed by atoms with Crippen LogP contribution < -0.4 is 10.6 Å². The van der Waals surface area contributed by atoms with Gasteiger partial charge in [0.25, 0.3) is 0 Å². The van der Waals surface area contributed by atoms with Crippen LogP contribution in [0, 0.1) is 15.9 Å². The molecule has 0 heterocycles. The van der Waals surface area contributed by atoms with Crippen molar-refractivity contribution in [3.05, 3.63) is 34.1 Å². The summed E-state index contributed by atoms with van der Waals surface area (Å²) in [7, 11) is 0. The number of urea groups is 1. The maximum atomic E-state index is 13.2. The van der Waals surface area contributed by atoms with Crippen LogP contribution in [0.5, 0.6) is 0 Å². The molecule has 0 aliphatic carbocycles. The van der Waals surface area contributed by atoms with Crippen molar-refractivity contribution >= 4 is 17.4 Å². The number of benzene rings is 1. The molecule has 0 saturated carbocycles. The third-order valence-corrected chi connectivity index (χ3v) is 1.94. The standard InChI is InChI=1S/C10H12FN3O3/c1-2-5-12-10(15)13-7-3-4-9(14(16)17)8(11)6-7/h3-4,6H,2,5H2,1H3,(H2,12,13,15). The van der Waals surface area contributed by atoms with E-state index >= 15 is 0 Å². The summed E-state index contributed by atoms with van der Waals surface area (Å²) in [5.41, 5.74) is -0.453. The van der Waals surface area contributed by atoms with Gasteiger partial charge in [-0.15, -0.1) is 0 Å². The Morgan fingerprint density at radius 2 is 2.24 bits per heavy atom. The zero-order chi connectivity index (χ0) is 12.8. The van der Waals surface area contributed by atoms with Gasteiger partial charge in [-0.25, -0.2) is 4.79 Å². The van der Waals surface area contributed by atoms with Crippen molar-refractivity contribution < 1.29 is 14.1 Å². The highest BCUT2D eigenvalue weighted by Gasteiger charge is 2.14. The van der Waals surface area contributed by atoms with E-state index in [0.717, 1.165) is 18.6 Å². The Balaban J connectivity index is 2.70. The molecular weight excluding hydrogens is 229 g/mol. The number of amides is 2. The van der Waals surface area contributed by atoms with Crippen LogP contribution in [0.15, 0.2) is 18.2 Å². The fraction of sp³-hybridized carbons (Fsp3) is 0.300. The van der Waals surface area contributed by atoms with Gasteiger partial charge in [0.15, 0.2) is 0 Å². The number of nitrogens with zero attached hydrogens (tertiary/aromatic N) is 1. The number of rotatable bonds is 4. The molecule has 0 spiro atoms. The monoisotopic (exact) mass is 241 g/mol. The lowest BCUT2D eigenvalue weighted by atomic mass is 10.2. The number of nitro benzene ring substituents is 1. The first-order chi connectivity index (χ1) is 8.04. The number of hydrogen-bond donors (Lipinski definition) is 2. The van der Waals surface area contributed by atoms with Crippen molar-refractivity contribution in [1.29, 1.82) is 0 Å². The predicted octanol–water partition coefficient (Wildman–Crippen LogP) is 2.27. The Morgan fingerprint density at radius 3 is 2.76 bits per heavy atom. The lowest BCUT2D eigenvalue weighted by Gasteiger charge is -2.06. The van der Waals surface area contributed by atoms with Crippen molar-refractivity contribution in [2.45, 2.75) is 13.3 Å². The van der Waals surface area contributed by atoms with E-state index < -0.39 is 22.5 Å². The molecule has 17 heavy (non-hydrogen) atoms. The fourth-order valence-electron chi connectivity index (χ4n) is 1.15. The van der Waals surface area contributed by atoms with Gasteiger partial charge in [-0.3, -0.25) is 10.1 Å². The van der Waals surface area contributed by atoms with E-state index in [1.165, 1.54) is 6.07 Å². The summed E-state index contributed by atoms with van der Waals surface area (Å²) in [6.07, 6.45) is 0.780. The Morgan fingerprint density at radius 1 is 1.53 bits per heavy atom. The van der Waals surface area contributed by atoms with Crippen LogP contribution >= 0.6 is 0 Å². The largest absolute Gasteiger partial charge is 0.338 e. The molecule has 0 atom stereocenters. The molecule has 1 rings (SSSR count). The van der Waals surface area contributed by atoms with Crippen LogP contribution in [0.2, 0.25) is 0 Å². The van der Waals surface area contributed by atoms with Gasteiger partial charge in [-0.05, 0) is 12.5 Å². The van der Waals surface area contributed by atoms with Gasteiger partial charge < -0.3 is 10.6 Å². The second kappa shape index (κ2) is 5.78. The van der Waals surface area contributed by atoms with E-state index in [4.69, 9.17) is 0 Å². The van der Waals surface area contributed by atoms with Crippen molar-refractivity contribution in [1.82, 2.24) is 5.32 Å². The minimum Gasteiger partial charge on any atom is -0.338 e. The second-order valence-electron chi connectivity index (χ2n) is 3.30. The van der Waals surface area contributed by atoms with Gasteiger partial charge in [0.2, 0.25) is 5.82 Å². The quantitative estimate of drug-likeness (QED) is 0.626. The van der Waals surface area contributed by atoms with Gasteiger partial charge in [0, 0.05) is 24.4 Å². The number of carbonyl (C=O) groups excluding carboxylic acids is 1. The summed E-state index contributed by atoms with van der Waals surface area (Å²) >= 11 is 0. The zero-order valence-electron chi connectivity index (χ0n) is 9.20. The molecule has 2 amide bonds. The molecule has 0 aromatic heterocycles. The lowest BCUT2D eigenvalue weighted by molar-refractivity contribution is -0.387. The van der Waals surface area contributed by atoms with Crippen molar-refractivity contribution in [3.63, 3.8) is 0 Å². The van der Waals surface area contributed by atoms with E-state index in [1.54, 1.807) is 0 Å². The molecule has 0 aliphatic heterocycles. The summed E-state index contributed by atoms with van der Waals surface area (Å²) in [4.78, 5) is 20.8. The molecule has 6 nitrogen and oxygen atoms in total. The van der Waals surface area contributed by atoms with E-state index in [9.17, 15) is 19.3 Å². The minimum atomic E-state index is -0.983. The number of halogens is 1. The van der Waals surface area contributed by atoms with E-state index in [-0.39, 0.29) is 5.69 Å². The van der Waals surface area contributed by atoms with Gasteiger partial charge in [-0.2, -0.15) is 4.39 Å². The Labute approximate surface area is 97.0 Å². The SMILES string of the molecule is CCCNC(=O)Nc1ccc([N+](=O)[O-])c(F)c1. The number of anilines is 1. The summed E-state index contributed by atoms with van der Waals surface area (Å²) in [6.45, 7) is 2.40. The predicted molar refractivity (Wildman–Crippen MR) is 60.4 cm³/mol. The average molecular weight is 241 g/mol. The molecule has 0 fully saturated rings. The van der Waals surface area contributed by atoms with Crippen LogP contribution in [0.25, 0.3) is 0 Å². The molecule has 1 aromatic carbocycles. The summed E-state index contributed by atoms with van der Waals surface area (Å²) in [5.74, 6) is -0.983. The molecule has 0 aliphatic rings. The van der Waals surface area contributed by atoms with Crippen LogP contribution in [-0.4, -0.2) is 17.5 Å². The van der Waals surface area contributed by atoms with E-state index in [1.807, 2.05) is 6.92 Å². The second-order valence-corrected chi connectivity index (χ2v) is 3.30. The normalized spacial score (nSPS) is 9.76. The first kappa shape index (κ1) is 12.9. The van der Waals surface area contributed by atoms with Crippen molar-refractivity contribution in [2.75, 3.05) is 11.9 Å². The number of nitro groups is 1. The van der Waals surface area contributed by atoms with Crippen LogP contribution in [0.3, 0.4) is 0 Å². The van der Waals surface area contributed by atoms with Crippen LogP contribution in [-0.2, 0) is 0 Å². The van der Waals surface area contributed by atoms with Gasteiger partial charge >= 0.3 is 11.7 Å². The molecule has 0 radical (unpaired) electrons. The highest BCUT2D eigenvalue weighted by molar-refractivity contribution is 5.89. The number of nitrogens with one attached hydrogen (secondary N) is 2. The van der Waals surface area contributed by atoms with E-state index in [0.29, 0.717) is 6.54 Å². The first-order valence-corrected chi connectivity index (χ1v) is 5.03. The molecule has 0 bridgehead atoms. The minimum absolute atomic E-state index is 0.168. The lowest BCUT2D eigenvalue weighted by Crippen LogP contribution is -2.29. The summed E-state index contributed by atoms with van der Waals surface area (Å²) in [6, 6.07) is 2.71. The highest BCUT2D eigenvalue weighted by Crippen LogP contribution is 2.20.